The van der Waals surface area contributed by atoms with Crippen LogP contribution in [0.5, 0.6) is 11.5 Å². The third-order valence-corrected chi connectivity index (χ3v) is 8.31. The number of ether oxygens (including phenoxy) is 1. The van der Waals surface area contributed by atoms with Crippen molar-refractivity contribution in [3.05, 3.63) is 23.3 Å². The quantitative estimate of drug-likeness (QED) is 0.514. The van der Waals surface area contributed by atoms with Gasteiger partial charge in [-0.05, 0) is 24.5 Å². The van der Waals surface area contributed by atoms with Gasteiger partial charge in [0.05, 0.1) is 19.7 Å². The van der Waals surface area contributed by atoms with Gasteiger partial charge in [0.2, 0.25) is 0 Å². The van der Waals surface area contributed by atoms with Crippen LogP contribution in [0.15, 0.2) is 12.1 Å². The zero-order valence-electron chi connectivity index (χ0n) is 15.8. The zero-order valence-corrected chi connectivity index (χ0v) is 15.8. The summed E-state index contributed by atoms with van der Waals surface area (Å²) >= 11 is 0. The van der Waals surface area contributed by atoms with Gasteiger partial charge in [-0.25, -0.2) is 0 Å². The lowest BCUT2D eigenvalue weighted by molar-refractivity contribution is -0.954. The molecule has 7 atom stereocenters. The molecule has 1 spiro atoms. The van der Waals surface area contributed by atoms with Crippen LogP contribution in [0.25, 0.3) is 0 Å². The highest BCUT2D eigenvalue weighted by Gasteiger charge is 2.82. The molecule has 2 aliphatic heterocycles. The second-order valence-corrected chi connectivity index (χ2v) is 9.85. The largest absolute Gasteiger partial charge is 0.504 e. The van der Waals surface area contributed by atoms with Crippen LogP contribution in [-0.4, -0.2) is 80.8 Å². The fourth-order valence-corrected chi connectivity index (χ4v) is 7.08. The molecular formula is C21H26NO6+. The Labute approximate surface area is 162 Å². The van der Waals surface area contributed by atoms with Crippen molar-refractivity contribution < 1.29 is 34.4 Å². The molecule has 5 aliphatic rings. The average Bonchev–Trinajstić information content (AvgIpc) is 3.34. The van der Waals surface area contributed by atoms with Gasteiger partial charge in [0.15, 0.2) is 29.0 Å². The number of benzene rings is 1. The number of piperidine rings is 1. The highest BCUT2D eigenvalue weighted by atomic mass is 16.5. The molecule has 3 aliphatic carbocycles. The zero-order chi connectivity index (χ0) is 19.6. The fourth-order valence-electron chi connectivity index (χ4n) is 7.08. The second-order valence-electron chi connectivity index (χ2n) is 9.85. The van der Waals surface area contributed by atoms with E-state index in [1.54, 1.807) is 12.1 Å². The SMILES string of the molecule is C[N@+]1(CC2CC2)C[C@@H](O)[C@]23c4c5ccc(O)c4O[C@H]2C(=O)CC(O)[C@@]3(O)[C@@H]1C5. The molecule has 2 saturated carbocycles. The van der Waals surface area contributed by atoms with Crippen molar-refractivity contribution >= 4 is 5.78 Å². The number of likely N-dealkylation sites (N-methyl/N-ethyl adjacent to an activating group) is 1. The van der Waals surface area contributed by atoms with Gasteiger partial charge in [-0.3, -0.25) is 4.79 Å². The highest BCUT2D eigenvalue weighted by Crippen LogP contribution is 2.65. The molecule has 3 fully saturated rings. The maximum Gasteiger partial charge on any atom is 0.177 e. The van der Waals surface area contributed by atoms with Crippen molar-refractivity contribution in [2.45, 2.75) is 61.1 Å². The van der Waals surface area contributed by atoms with Crippen molar-refractivity contribution in [1.82, 2.24) is 0 Å². The van der Waals surface area contributed by atoms with Gasteiger partial charge in [0.25, 0.3) is 0 Å². The minimum absolute atomic E-state index is 0.0985. The van der Waals surface area contributed by atoms with Gasteiger partial charge in [-0.1, -0.05) is 6.07 Å². The summed E-state index contributed by atoms with van der Waals surface area (Å²) < 4.78 is 6.40. The fraction of sp³-hybridized carbons (Fsp3) is 0.667. The minimum Gasteiger partial charge on any atom is -0.504 e. The number of phenols is 1. The lowest BCUT2D eigenvalue weighted by atomic mass is 9.46. The molecule has 1 aromatic carbocycles. The van der Waals surface area contributed by atoms with Crippen LogP contribution in [0.2, 0.25) is 0 Å². The number of aliphatic hydroxyl groups excluding tert-OH is 2. The number of Topliss-reactive ketones (excluding diaryl/α,β-unsaturated/α-hetero) is 1. The monoisotopic (exact) mass is 388 g/mol. The van der Waals surface area contributed by atoms with Gasteiger partial charge in [0.1, 0.15) is 24.1 Å². The predicted octanol–water partition coefficient (Wildman–Crippen LogP) is -0.388. The molecule has 1 unspecified atom stereocenters. The molecule has 2 bridgehead atoms. The van der Waals surface area contributed by atoms with Crippen molar-refractivity contribution in [3.8, 4) is 11.5 Å². The average molecular weight is 388 g/mol. The van der Waals surface area contributed by atoms with E-state index < -0.39 is 29.3 Å². The summed E-state index contributed by atoms with van der Waals surface area (Å²) in [6.45, 7) is 1.23. The molecular weight excluding hydrogens is 362 g/mol. The van der Waals surface area contributed by atoms with Crippen LogP contribution in [0.1, 0.15) is 30.4 Å². The maximum atomic E-state index is 12.9. The Morgan fingerprint density at radius 3 is 2.68 bits per heavy atom. The van der Waals surface area contributed by atoms with Crippen molar-refractivity contribution in [2.75, 3.05) is 20.1 Å². The third-order valence-electron chi connectivity index (χ3n) is 8.31. The molecule has 0 aromatic heterocycles. The first-order chi connectivity index (χ1) is 13.2. The molecule has 7 heteroatoms. The van der Waals surface area contributed by atoms with E-state index >= 15 is 0 Å². The van der Waals surface area contributed by atoms with Gasteiger partial charge < -0.3 is 29.6 Å². The van der Waals surface area contributed by atoms with Crippen LogP contribution in [0, 0.1) is 5.92 Å². The summed E-state index contributed by atoms with van der Waals surface area (Å²) in [4.78, 5) is 12.9. The number of rotatable bonds is 2. The summed E-state index contributed by atoms with van der Waals surface area (Å²) in [5.41, 5.74) is -1.73. The molecule has 28 heavy (non-hydrogen) atoms. The Hall–Kier alpha value is -1.67. The standard InChI is InChI=1S/C21H25NO6/c1-22(8-10-2-3-10)9-16(26)20-17-11-4-5-12(23)18(17)28-19(20)13(24)7-15(25)21(20,27)14(22)6-11/h4-5,10,14-16,19,25-27H,2-3,6-9H2,1H3/p+1/t14-,15?,16+,19-,20-,21-,22-/m0/s1. The number of quaternary nitrogens is 1. The summed E-state index contributed by atoms with van der Waals surface area (Å²) in [5, 5.41) is 45.2. The Morgan fingerprint density at radius 2 is 1.96 bits per heavy atom. The third kappa shape index (κ3) is 1.66. The number of carbonyl (C=O) groups is 1. The van der Waals surface area contributed by atoms with Crippen LogP contribution in [0.3, 0.4) is 0 Å². The number of ketones is 1. The molecule has 7 nitrogen and oxygen atoms in total. The number of likely N-dealkylation sites (tertiary alicyclic amines) is 1. The second kappa shape index (κ2) is 4.90. The first-order valence-corrected chi connectivity index (χ1v) is 10.2. The molecule has 1 saturated heterocycles. The minimum atomic E-state index is -1.70. The number of aliphatic hydroxyl groups is 3. The Morgan fingerprint density at radius 1 is 1.21 bits per heavy atom. The molecule has 6 rings (SSSR count). The molecule has 1 aromatic rings. The predicted molar refractivity (Wildman–Crippen MR) is 96.9 cm³/mol. The topological polar surface area (TPSA) is 107 Å². The normalized spacial score (nSPS) is 48.2. The first kappa shape index (κ1) is 17.2. The van der Waals surface area contributed by atoms with Gasteiger partial charge >= 0.3 is 0 Å². The molecule has 150 valence electrons. The number of carbonyl (C=O) groups excluding carboxylic acids is 1. The lowest BCUT2D eigenvalue weighted by Gasteiger charge is -2.66. The Kier molecular flexibility index (Phi) is 3.01. The van der Waals surface area contributed by atoms with Crippen molar-refractivity contribution in [3.63, 3.8) is 0 Å². The number of hydrogen-bond acceptors (Lipinski definition) is 6. The van der Waals surface area contributed by atoms with E-state index in [1.165, 1.54) is 0 Å². The smallest absolute Gasteiger partial charge is 0.177 e. The van der Waals surface area contributed by atoms with Gasteiger partial charge in [0, 0.05) is 24.3 Å². The summed E-state index contributed by atoms with van der Waals surface area (Å²) in [6, 6.07) is 3.01. The van der Waals surface area contributed by atoms with E-state index in [4.69, 9.17) is 4.74 Å². The van der Waals surface area contributed by atoms with E-state index in [9.17, 15) is 25.2 Å². The number of hydrogen-bond donors (Lipinski definition) is 4. The van der Waals surface area contributed by atoms with Crippen LogP contribution < -0.4 is 4.74 Å². The van der Waals surface area contributed by atoms with E-state index in [2.05, 4.69) is 7.05 Å². The summed E-state index contributed by atoms with van der Waals surface area (Å²) in [6.07, 6.45) is -0.821. The Balaban J connectivity index is 1.66. The molecule has 4 N–H and O–H groups in total. The van der Waals surface area contributed by atoms with Gasteiger partial charge in [-0.15, -0.1) is 0 Å². The maximum absolute atomic E-state index is 12.9. The Bertz CT molecular complexity index is 914. The van der Waals surface area contributed by atoms with E-state index in [0.717, 1.165) is 24.9 Å². The number of nitrogens with zero attached hydrogens (tertiary/aromatic N) is 1. The number of aromatic hydroxyl groups is 1. The van der Waals surface area contributed by atoms with Crippen LogP contribution in [0.4, 0.5) is 0 Å². The van der Waals surface area contributed by atoms with E-state index in [1.807, 2.05) is 0 Å². The van der Waals surface area contributed by atoms with Gasteiger partial charge in [-0.2, -0.15) is 0 Å². The molecule has 0 amide bonds. The molecule has 2 heterocycles. The summed E-state index contributed by atoms with van der Waals surface area (Å²) in [7, 11) is 2.05. The van der Waals surface area contributed by atoms with Crippen molar-refractivity contribution in [1.29, 1.82) is 0 Å². The first-order valence-electron chi connectivity index (χ1n) is 10.2. The van der Waals surface area contributed by atoms with Crippen LogP contribution >= 0.6 is 0 Å². The highest BCUT2D eigenvalue weighted by molar-refractivity contribution is 5.91. The van der Waals surface area contributed by atoms with E-state index in [-0.39, 0.29) is 29.7 Å². The van der Waals surface area contributed by atoms with Crippen molar-refractivity contribution in [2.24, 2.45) is 5.92 Å². The van der Waals surface area contributed by atoms with E-state index in [0.29, 0.717) is 28.9 Å². The summed E-state index contributed by atoms with van der Waals surface area (Å²) in [5.74, 6) is 0.319. The molecule has 0 radical (unpaired) electrons. The van der Waals surface area contributed by atoms with Crippen LogP contribution in [-0.2, 0) is 16.6 Å². The lowest BCUT2D eigenvalue weighted by Crippen LogP contribution is -2.88. The number of phenolic OH excluding ortho intramolecular Hbond substituents is 1.